The van der Waals surface area contributed by atoms with Crippen LogP contribution in [0.25, 0.3) is 10.9 Å². The van der Waals surface area contributed by atoms with Gasteiger partial charge in [-0.1, -0.05) is 6.92 Å². The minimum absolute atomic E-state index is 0.127. The first-order chi connectivity index (χ1) is 11.1. The molecule has 2 aromatic rings. The highest BCUT2D eigenvalue weighted by molar-refractivity contribution is 7.71. The molecule has 124 valence electrons. The molecule has 0 aliphatic rings. The zero-order valence-electron chi connectivity index (χ0n) is 13.3. The molecule has 0 saturated carbocycles. The van der Waals surface area contributed by atoms with Gasteiger partial charge in [0, 0.05) is 32.4 Å². The number of ether oxygens (including phenoxy) is 1. The first kappa shape index (κ1) is 17.4. The molecule has 2 N–H and O–H groups in total. The predicted molar refractivity (Wildman–Crippen MR) is 92.5 cm³/mol. The van der Waals surface area contributed by atoms with Gasteiger partial charge in [0.25, 0.3) is 11.5 Å². The number of H-pyrrole nitrogens is 1. The number of nitrogens with zero attached hydrogens (tertiary/aromatic N) is 1. The first-order valence-corrected chi connectivity index (χ1v) is 8.03. The summed E-state index contributed by atoms with van der Waals surface area (Å²) in [5.41, 5.74) is 0.947. The zero-order chi connectivity index (χ0) is 16.8. The number of carbonyl (C=O) groups is 1. The van der Waals surface area contributed by atoms with Crippen LogP contribution in [-0.4, -0.2) is 35.7 Å². The third-order valence-corrected chi connectivity index (χ3v) is 3.82. The summed E-state index contributed by atoms with van der Waals surface area (Å²) in [6.07, 6.45) is 1.57. The van der Waals surface area contributed by atoms with Crippen molar-refractivity contribution in [2.45, 2.75) is 26.3 Å². The van der Waals surface area contributed by atoms with E-state index in [9.17, 15) is 9.59 Å². The van der Waals surface area contributed by atoms with Gasteiger partial charge in [0.15, 0.2) is 4.77 Å². The van der Waals surface area contributed by atoms with Crippen LogP contribution in [-0.2, 0) is 11.3 Å². The maximum absolute atomic E-state index is 12.4. The Hall–Kier alpha value is -1.99. The van der Waals surface area contributed by atoms with Crippen molar-refractivity contribution in [1.29, 1.82) is 0 Å². The van der Waals surface area contributed by atoms with Gasteiger partial charge < -0.3 is 15.0 Å². The number of hydrogen-bond acceptors (Lipinski definition) is 4. The molecule has 0 fully saturated rings. The molecule has 0 atom stereocenters. The van der Waals surface area contributed by atoms with Gasteiger partial charge in [0.2, 0.25) is 0 Å². The van der Waals surface area contributed by atoms with Crippen LogP contribution in [0.2, 0.25) is 0 Å². The van der Waals surface area contributed by atoms with E-state index >= 15 is 0 Å². The maximum Gasteiger partial charge on any atom is 0.262 e. The Labute approximate surface area is 139 Å². The van der Waals surface area contributed by atoms with Crippen LogP contribution in [0.15, 0.2) is 23.0 Å². The molecule has 1 aromatic heterocycles. The van der Waals surface area contributed by atoms with Gasteiger partial charge in [0.1, 0.15) is 0 Å². The molecule has 6 nitrogen and oxygen atoms in total. The van der Waals surface area contributed by atoms with Crippen LogP contribution in [0, 0.1) is 4.77 Å². The van der Waals surface area contributed by atoms with E-state index in [2.05, 4.69) is 10.3 Å². The van der Waals surface area contributed by atoms with Crippen molar-refractivity contribution in [2.24, 2.45) is 0 Å². The summed E-state index contributed by atoms with van der Waals surface area (Å²) in [6.45, 7) is 3.70. The molecule has 0 aliphatic heterocycles. The number of rotatable bonds is 7. The van der Waals surface area contributed by atoms with Gasteiger partial charge in [0.05, 0.1) is 10.9 Å². The molecule has 23 heavy (non-hydrogen) atoms. The van der Waals surface area contributed by atoms with Crippen molar-refractivity contribution in [1.82, 2.24) is 14.9 Å². The van der Waals surface area contributed by atoms with E-state index in [4.69, 9.17) is 17.0 Å². The second kappa shape index (κ2) is 8.03. The van der Waals surface area contributed by atoms with Crippen LogP contribution in [0.4, 0.5) is 0 Å². The normalized spacial score (nSPS) is 10.9. The van der Waals surface area contributed by atoms with Gasteiger partial charge in [-0.05, 0) is 43.3 Å². The average molecular weight is 335 g/mol. The van der Waals surface area contributed by atoms with E-state index in [1.807, 2.05) is 6.92 Å². The highest BCUT2D eigenvalue weighted by atomic mass is 32.1. The molecular weight excluding hydrogens is 314 g/mol. The molecule has 0 unspecified atom stereocenters. The molecule has 1 amide bonds. The standard InChI is InChI=1S/C16H21N3O3S/c1-3-8-19-15(21)12-6-5-11(10-13(12)18-16(19)23)14(20)17-7-4-9-22-2/h5-6,10H,3-4,7-9H2,1-2H3,(H,17,20)(H,18,23). The van der Waals surface area contributed by atoms with Gasteiger partial charge in [-0.3, -0.25) is 14.2 Å². The summed E-state index contributed by atoms with van der Waals surface area (Å²) in [4.78, 5) is 27.6. The lowest BCUT2D eigenvalue weighted by Crippen LogP contribution is -2.26. The largest absolute Gasteiger partial charge is 0.385 e. The fourth-order valence-corrected chi connectivity index (χ4v) is 2.63. The number of benzene rings is 1. The zero-order valence-corrected chi connectivity index (χ0v) is 14.2. The molecule has 2 rings (SSSR count). The van der Waals surface area contributed by atoms with Crippen molar-refractivity contribution in [3.8, 4) is 0 Å². The Kier molecular flexibility index (Phi) is 6.06. The van der Waals surface area contributed by atoms with Gasteiger partial charge in [-0.2, -0.15) is 0 Å². The van der Waals surface area contributed by atoms with Gasteiger partial charge in [-0.25, -0.2) is 0 Å². The molecule has 0 radical (unpaired) electrons. The molecule has 7 heteroatoms. The summed E-state index contributed by atoms with van der Waals surface area (Å²) in [7, 11) is 1.62. The number of hydrogen-bond donors (Lipinski definition) is 2. The van der Waals surface area contributed by atoms with Gasteiger partial charge in [-0.15, -0.1) is 0 Å². The fourth-order valence-electron chi connectivity index (χ4n) is 2.34. The SMILES string of the molecule is CCCn1c(=S)[nH]c2cc(C(=O)NCCCOC)ccc2c1=O. The Morgan fingerprint density at radius 3 is 2.91 bits per heavy atom. The molecule has 0 spiro atoms. The third-order valence-electron chi connectivity index (χ3n) is 3.50. The van der Waals surface area contributed by atoms with E-state index in [1.54, 1.807) is 29.9 Å². The lowest BCUT2D eigenvalue weighted by atomic mass is 10.1. The summed E-state index contributed by atoms with van der Waals surface area (Å²) in [5.74, 6) is -0.181. The van der Waals surface area contributed by atoms with E-state index < -0.39 is 0 Å². The highest BCUT2D eigenvalue weighted by Crippen LogP contribution is 2.11. The van der Waals surface area contributed by atoms with E-state index in [0.29, 0.717) is 40.9 Å². The monoisotopic (exact) mass is 335 g/mol. The van der Waals surface area contributed by atoms with Gasteiger partial charge >= 0.3 is 0 Å². The Morgan fingerprint density at radius 1 is 1.43 bits per heavy atom. The molecule has 0 bridgehead atoms. The lowest BCUT2D eigenvalue weighted by Gasteiger charge is -2.09. The summed E-state index contributed by atoms with van der Waals surface area (Å²) < 4.78 is 6.86. The maximum atomic E-state index is 12.4. The van der Waals surface area contributed by atoms with Crippen molar-refractivity contribution >= 4 is 29.0 Å². The van der Waals surface area contributed by atoms with Crippen LogP contribution in [0.1, 0.15) is 30.1 Å². The molecule has 0 aliphatic carbocycles. The van der Waals surface area contributed by atoms with Crippen molar-refractivity contribution in [3.63, 3.8) is 0 Å². The summed E-state index contributed by atoms with van der Waals surface area (Å²) in [5, 5.41) is 3.35. The molecule has 1 aromatic carbocycles. The Morgan fingerprint density at radius 2 is 2.22 bits per heavy atom. The molecular formula is C16H21N3O3S. The Balaban J connectivity index is 2.29. The minimum Gasteiger partial charge on any atom is -0.385 e. The molecule has 1 heterocycles. The highest BCUT2D eigenvalue weighted by Gasteiger charge is 2.09. The average Bonchev–Trinajstić information content (AvgIpc) is 2.54. The van der Waals surface area contributed by atoms with Crippen molar-refractivity contribution in [2.75, 3.05) is 20.3 Å². The minimum atomic E-state index is -0.181. The number of amides is 1. The number of carbonyl (C=O) groups excluding carboxylic acids is 1. The Bertz CT molecular complexity index is 810. The van der Waals surface area contributed by atoms with Crippen LogP contribution >= 0.6 is 12.2 Å². The summed E-state index contributed by atoms with van der Waals surface area (Å²) in [6, 6.07) is 4.98. The van der Waals surface area contributed by atoms with Crippen LogP contribution in [0.5, 0.6) is 0 Å². The quantitative estimate of drug-likeness (QED) is 0.601. The first-order valence-electron chi connectivity index (χ1n) is 7.62. The number of aromatic amines is 1. The lowest BCUT2D eigenvalue weighted by molar-refractivity contribution is 0.0948. The number of fused-ring (bicyclic) bond motifs is 1. The second-order valence-corrected chi connectivity index (χ2v) is 5.64. The van der Waals surface area contributed by atoms with Crippen LogP contribution in [0.3, 0.4) is 0 Å². The smallest absolute Gasteiger partial charge is 0.262 e. The number of nitrogens with one attached hydrogen (secondary N) is 2. The topological polar surface area (TPSA) is 76.1 Å². The van der Waals surface area contributed by atoms with Crippen LogP contribution < -0.4 is 10.9 Å². The van der Waals surface area contributed by atoms with E-state index in [-0.39, 0.29) is 11.5 Å². The fraction of sp³-hybridized carbons (Fsp3) is 0.438. The van der Waals surface area contributed by atoms with E-state index in [0.717, 1.165) is 12.8 Å². The van der Waals surface area contributed by atoms with E-state index in [1.165, 1.54) is 0 Å². The van der Waals surface area contributed by atoms with Crippen molar-refractivity contribution < 1.29 is 9.53 Å². The molecule has 0 saturated heterocycles. The summed E-state index contributed by atoms with van der Waals surface area (Å²) >= 11 is 5.23. The van der Waals surface area contributed by atoms with Crippen molar-refractivity contribution in [3.05, 3.63) is 38.9 Å². The number of methoxy groups -OCH3 is 1. The second-order valence-electron chi connectivity index (χ2n) is 5.25. The predicted octanol–water partition coefficient (Wildman–Crippen LogP) is 2.24. The number of aromatic nitrogens is 2. The third kappa shape index (κ3) is 4.05.